The first-order valence-corrected chi connectivity index (χ1v) is 5.81. The summed E-state index contributed by atoms with van der Waals surface area (Å²) in [5.41, 5.74) is 6.62. The van der Waals surface area contributed by atoms with Crippen LogP contribution in [0.15, 0.2) is 24.3 Å². The molecule has 0 spiro atoms. The Morgan fingerprint density at radius 1 is 1.44 bits per heavy atom. The molecule has 0 radical (unpaired) electrons. The highest BCUT2D eigenvalue weighted by Crippen LogP contribution is 2.36. The molecule has 1 aromatic rings. The van der Waals surface area contributed by atoms with Crippen LogP contribution in [-0.2, 0) is 10.2 Å². The second-order valence-corrected chi connectivity index (χ2v) is 4.49. The Morgan fingerprint density at radius 3 is 2.94 bits per heavy atom. The lowest BCUT2D eigenvalue weighted by Gasteiger charge is -2.37. The van der Waals surface area contributed by atoms with Crippen LogP contribution in [0.25, 0.3) is 0 Å². The Labute approximate surface area is 95.6 Å². The van der Waals surface area contributed by atoms with Gasteiger partial charge in [0, 0.05) is 12.0 Å². The van der Waals surface area contributed by atoms with Gasteiger partial charge in [0.2, 0.25) is 0 Å². The fourth-order valence-corrected chi connectivity index (χ4v) is 2.52. The van der Waals surface area contributed by atoms with E-state index in [2.05, 4.69) is 0 Å². The van der Waals surface area contributed by atoms with E-state index >= 15 is 0 Å². The average Bonchev–Trinajstić information content (AvgIpc) is 2.31. The summed E-state index contributed by atoms with van der Waals surface area (Å²) in [6.07, 6.45) is 2.92. The zero-order valence-electron chi connectivity index (χ0n) is 9.42. The van der Waals surface area contributed by atoms with Crippen LogP contribution in [0.3, 0.4) is 0 Å². The van der Waals surface area contributed by atoms with Crippen LogP contribution >= 0.6 is 0 Å². The molecule has 0 aliphatic carbocycles. The number of hydrogen-bond acceptors (Lipinski definition) is 2. The van der Waals surface area contributed by atoms with Crippen molar-refractivity contribution in [1.29, 1.82) is 0 Å². The molecular weight excluding hydrogens is 205 g/mol. The van der Waals surface area contributed by atoms with Gasteiger partial charge in [0.15, 0.2) is 0 Å². The number of hydrogen-bond donors (Lipinski definition) is 1. The van der Waals surface area contributed by atoms with Crippen LogP contribution in [0.2, 0.25) is 0 Å². The predicted octanol–water partition coefficient (Wildman–Crippen LogP) is 2.22. The van der Waals surface area contributed by atoms with Gasteiger partial charge in [-0.3, -0.25) is 0 Å². The smallest absolute Gasteiger partial charge is 0.123 e. The molecule has 0 aromatic heterocycles. The third kappa shape index (κ3) is 2.25. The van der Waals surface area contributed by atoms with Crippen LogP contribution < -0.4 is 5.73 Å². The third-order valence-electron chi connectivity index (χ3n) is 3.38. The molecule has 1 aliphatic heterocycles. The maximum atomic E-state index is 13.3. The van der Waals surface area contributed by atoms with E-state index in [1.807, 2.05) is 6.07 Å². The van der Waals surface area contributed by atoms with Crippen LogP contribution in [0.4, 0.5) is 4.39 Å². The quantitative estimate of drug-likeness (QED) is 0.852. The average molecular weight is 223 g/mol. The maximum absolute atomic E-state index is 13.3. The Bertz CT molecular complexity index is 342. The molecule has 1 aliphatic rings. The van der Waals surface area contributed by atoms with E-state index in [0.29, 0.717) is 13.2 Å². The van der Waals surface area contributed by atoms with Gasteiger partial charge >= 0.3 is 0 Å². The van der Waals surface area contributed by atoms with Gasteiger partial charge < -0.3 is 10.5 Å². The standard InChI is InChI=1S/C13H18FNO/c14-12-4-1-3-11(9-12)13(6-7-15)5-2-8-16-10-13/h1,3-4,9H,2,5-8,10,15H2. The molecule has 1 aromatic carbocycles. The normalized spacial score (nSPS) is 25.6. The molecule has 1 unspecified atom stereocenters. The summed E-state index contributed by atoms with van der Waals surface area (Å²) in [5.74, 6) is -0.181. The number of halogens is 1. The summed E-state index contributed by atoms with van der Waals surface area (Å²) >= 11 is 0. The lowest BCUT2D eigenvalue weighted by atomic mass is 9.73. The molecule has 1 fully saturated rings. The summed E-state index contributed by atoms with van der Waals surface area (Å²) in [7, 11) is 0. The minimum atomic E-state index is -0.181. The van der Waals surface area contributed by atoms with Crippen molar-refractivity contribution in [1.82, 2.24) is 0 Å². The van der Waals surface area contributed by atoms with Gasteiger partial charge in [-0.25, -0.2) is 4.39 Å². The minimum Gasteiger partial charge on any atom is -0.381 e. The molecular formula is C13H18FNO. The largest absolute Gasteiger partial charge is 0.381 e. The van der Waals surface area contributed by atoms with Gasteiger partial charge in [-0.05, 0) is 43.5 Å². The number of benzene rings is 1. The van der Waals surface area contributed by atoms with Crippen molar-refractivity contribution >= 4 is 0 Å². The summed E-state index contributed by atoms with van der Waals surface area (Å²) < 4.78 is 18.8. The number of ether oxygens (including phenoxy) is 1. The van der Waals surface area contributed by atoms with Crippen molar-refractivity contribution in [3.63, 3.8) is 0 Å². The van der Waals surface area contributed by atoms with Gasteiger partial charge in [0.1, 0.15) is 5.82 Å². The van der Waals surface area contributed by atoms with Crippen molar-refractivity contribution in [3.8, 4) is 0 Å². The van der Waals surface area contributed by atoms with Crippen molar-refractivity contribution < 1.29 is 9.13 Å². The minimum absolute atomic E-state index is 0.0743. The van der Waals surface area contributed by atoms with E-state index in [4.69, 9.17) is 10.5 Å². The highest BCUT2D eigenvalue weighted by Gasteiger charge is 2.34. The Hall–Kier alpha value is -0.930. The van der Waals surface area contributed by atoms with Crippen molar-refractivity contribution in [2.24, 2.45) is 5.73 Å². The van der Waals surface area contributed by atoms with Crippen LogP contribution in [-0.4, -0.2) is 19.8 Å². The van der Waals surface area contributed by atoms with Crippen LogP contribution in [0.1, 0.15) is 24.8 Å². The summed E-state index contributed by atoms with van der Waals surface area (Å²) in [6, 6.07) is 6.83. The van der Waals surface area contributed by atoms with Gasteiger partial charge in [0.05, 0.1) is 6.61 Å². The van der Waals surface area contributed by atoms with Crippen molar-refractivity contribution in [2.45, 2.75) is 24.7 Å². The third-order valence-corrected chi connectivity index (χ3v) is 3.38. The summed E-state index contributed by atoms with van der Waals surface area (Å²) in [5, 5.41) is 0. The highest BCUT2D eigenvalue weighted by molar-refractivity contribution is 5.27. The van der Waals surface area contributed by atoms with Crippen LogP contribution in [0.5, 0.6) is 0 Å². The number of rotatable bonds is 3. The fourth-order valence-electron chi connectivity index (χ4n) is 2.52. The summed E-state index contributed by atoms with van der Waals surface area (Å²) in [6.45, 7) is 2.08. The SMILES string of the molecule is NCCC1(c2cccc(F)c2)CCCOC1. The van der Waals surface area contributed by atoms with E-state index in [1.165, 1.54) is 6.07 Å². The summed E-state index contributed by atoms with van der Waals surface area (Å²) in [4.78, 5) is 0. The second-order valence-electron chi connectivity index (χ2n) is 4.49. The number of nitrogens with two attached hydrogens (primary N) is 1. The van der Waals surface area contributed by atoms with E-state index in [0.717, 1.165) is 31.4 Å². The first-order valence-electron chi connectivity index (χ1n) is 5.81. The molecule has 0 bridgehead atoms. The lowest BCUT2D eigenvalue weighted by molar-refractivity contribution is 0.0311. The monoisotopic (exact) mass is 223 g/mol. The molecule has 1 saturated heterocycles. The Balaban J connectivity index is 2.30. The Kier molecular flexibility index (Phi) is 3.56. The maximum Gasteiger partial charge on any atom is 0.123 e. The van der Waals surface area contributed by atoms with Gasteiger partial charge in [-0.1, -0.05) is 12.1 Å². The zero-order valence-corrected chi connectivity index (χ0v) is 9.42. The Morgan fingerprint density at radius 2 is 2.31 bits per heavy atom. The highest BCUT2D eigenvalue weighted by atomic mass is 19.1. The molecule has 0 saturated carbocycles. The molecule has 16 heavy (non-hydrogen) atoms. The molecule has 2 rings (SSSR count). The molecule has 88 valence electrons. The first kappa shape index (κ1) is 11.6. The van der Waals surface area contributed by atoms with E-state index in [1.54, 1.807) is 12.1 Å². The van der Waals surface area contributed by atoms with Crippen molar-refractivity contribution in [3.05, 3.63) is 35.6 Å². The molecule has 1 heterocycles. The fraction of sp³-hybridized carbons (Fsp3) is 0.538. The van der Waals surface area contributed by atoms with Gasteiger partial charge in [-0.2, -0.15) is 0 Å². The molecule has 2 N–H and O–H groups in total. The topological polar surface area (TPSA) is 35.2 Å². The lowest BCUT2D eigenvalue weighted by Crippen LogP contribution is -2.38. The van der Waals surface area contributed by atoms with Gasteiger partial charge in [0.25, 0.3) is 0 Å². The zero-order chi connectivity index (χ0) is 11.4. The van der Waals surface area contributed by atoms with Crippen molar-refractivity contribution in [2.75, 3.05) is 19.8 Å². The molecule has 2 nitrogen and oxygen atoms in total. The molecule has 0 amide bonds. The van der Waals surface area contributed by atoms with E-state index < -0.39 is 0 Å². The van der Waals surface area contributed by atoms with Gasteiger partial charge in [-0.15, -0.1) is 0 Å². The molecule has 3 heteroatoms. The first-order chi connectivity index (χ1) is 7.77. The van der Waals surface area contributed by atoms with E-state index in [-0.39, 0.29) is 11.2 Å². The van der Waals surface area contributed by atoms with E-state index in [9.17, 15) is 4.39 Å². The molecule has 1 atom stereocenters. The second kappa shape index (κ2) is 4.93. The predicted molar refractivity (Wildman–Crippen MR) is 61.8 cm³/mol. The van der Waals surface area contributed by atoms with Crippen LogP contribution in [0, 0.1) is 5.82 Å².